The molecule has 0 bridgehead atoms. The van der Waals surface area contributed by atoms with Gasteiger partial charge >= 0.3 is 11.9 Å². The molecular weight excluding hydrogens is 516 g/mol. The lowest BCUT2D eigenvalue weighted by Gasteiger charge is -2.61. The molecule has 224 valence electrons. The first kappa shape index (κ1) is 30.0. The third kappa shape index (κ3) is 4.01. The molecule has 0 aromatic rings. The van der Waals surface area contributed by atoms with Crippen molar-refractivity contribution in [3.05, 3.63) is 36.5 Å². The van der Waals surface area contributed by atoms with Crippen LogP contribution in [0.3, 0.4) is 0 Å². The van der Waals surface area contributed by atoms with Gasteiger partial charge in [0.2, 0.25) is 0 Å². The number of rotatable bonds is 8. The molecule has 0 aliphatic heterocycles. The average molecular weight is 565 g/mol. The summed E-state index contributed by atoms with van der Waals surface area (Å²) in [5.74, 6) is -0.272. The van der Waals surface area contributed by atoms with E-state index < -0.39 is 18.0 Å². The minimum atomic E-state index is -0.684. The predicted octanol–water partition coefficient (Wildman–Crippen LogP) is 6.44. The quantitative estimate of drug-likeness (QED) is 0.192. The van der Waals surface area contributed by atoms with Crippen molar-refractivity contribution in [1.29, 1.82) is 0 Å². The molecule has 4 fully saturated rings. The van der Waals surface area contributed by atoms with Crippen LogP contribution in [0.5, 0.6) is 0 Å². The molecular formula is C35H48O6. The van der Waals surface area contributed by atoms with Crippen LogP contribution in [-0.4, -0.2) is 36.2 Å². The van der Waals surface area contributed by atoms with Crippen LogP contribution in [0.25, 0.3) is 0 Å². The maximum absolute atomic E-state index is 12.6. The van der Waals surface area contributed by atoms with Crippen LogP contribution in [0.2, 0.25) is 0 Å². The lowest BCUT2D eigenvalue weighted by Crippen LogP contribution is -2.55. The molecule has 6 nitrogen and oxygen atoms in total. The minimum Gasteiger partial charge on any atom is -0.462 e. The highest BCUT2D eigenvalue weighted by Crippen LogP contribution is 2.87. The Morgan fingerprint density at radius 3 is 2.34 bits per heavy atom. The van der Waals surface area contributed by atoms with E-state index >= 15 is 0 Å². The van der Waals surface area contributed by atoms with Gasteiger partial charge in [-0.25, -0.2) is 0 Å². The molecule has 0 aromatic heterocycles. The van der Waals surface area contributed by atoms with Gasteiger partial charge in [0.05, 0.1) is 0 Å². The first-order valence-corrected chi connectivity index (χ1v) is 15.5. The number of ether oxygens (including phenoxy) is 2. The molecule has 4 saturated carbocycles. The molecule has 6 heteroatoms. The van der Waals surface area contributed by atoms with Crippen molar-refractivity contribution in [1.82, 2.24) is 0 Å². The number of ketones is 1. The van der Waals surface area contributed by atoms with Crippen LogP contribution in [0.1, 0.15) is 87.0 Å². The van der Waals surface area contributed by atoms with E-state index in [1.807, 2.05) is 6.08 Å². The van der Waals surface area contributed by atoms with E-state index in [4.69, 9.17) is 9.47 Å². The zero-order chi connectivity index (χ0) is 30.3. The molecule has 5 aliphatic carbocycles. The van der Waals surface area contributed by atoms with E-state index in [0.717, 1.165) is 44.8 Å². The molecule has 0 N–H and O–H groups in total. The number of hydrogen-bond donors (Lipinski definition) is 0. The highest BCUT2D eigenvalue weighted by atomic mass is 16.5. The first-order valence-electron chi connectivity index (χ1n) is 15.5. The number of allylic oxidation sites excluding steroid dienone is 2. The van der Waals surface area contributed by atoms with Crippen LogP contribution in [0.15, 0.2) is 36.5 Å². The van der Waals surface area contributed by atoms with Crippen molar-refractivity contribution in [2.45, 2.75) is 99.2 Å². The van der Waals surface area contributed by atoms with Gasteiger partial charge in [0, 0.05) is 37.5 Å². The minimum absolute atomic E-state index is 0.0731. The van der Waals surface area contributed by atoms with Gasteiger partial charge in [0.1, 0.15) is 18.5 Å². The van der Waals surface area contributed by atoms with Crippen LogP contribution >= 0.6 is 0 Å². The Balaban J connectivity index is 1.55. The molecule has 41 heavy (non-hydrogen) atoms. The molecule has 0 amide bonds. The normalized spacial score (nSPS) is 44.2. The van der Waals surface area contributed by atoms with Gasteiger partial charge < -0.3 is 14.3 Å². The van der Waals surface area contributed by atoms with Gasteiger partial charge in [-0.05, 0) is 89.2 Å². The van der Waals surface area contributed by atoms with Crippen molar-refractivity contribution >= 4 is 24.0 Å². The monoisotopic (exact) mass is 564 g/mol. The SMILES string of the molecule is C=C(C(=C)[C@H](OC(C)=O)[C@@H](C)[C@H]1[C@@H](OC(C)=O)C[C@@]2(C)[C@@H]3CC[C@H]4[C@H](C)C(=O)C=C[C@@]45C[C@@]35CC[C@]12C)C(C)C=O. The Morgan fingerprint density at radius 2 is 1.73 bits per heavy atom. The summed E-state index contributed by atoms with van der Waals surface area (Å²) in [5, 5.41) is 0. The summed E-state index contributed by atoms with van der Waals surface area (Å²) >= 11 is 0. The zero-order valence-electron chi connectivity index (χ0n) is 26.0. The van der Waals surface area contributed by atoms with Crippen LogP contribution in [0.4, 0.5) is 0 Å². The van der Waals surface area contributed by atoms with Gasteiger partial charge in [-0.3, -0.25) is 14.4 Å². The fourth-order valence-electron chi connectivity index (χ4n) is 11.1. The Kier molecular flexibility index (Phi) is 7.14. The number of carbonyl (C=O) groups is 4. The van der Waals surface area contributed by atoms with E-state index in [1.54, 1.807) is 6.92 Å². The number of aldehydes is 1. The van der Waals surface area contributed by atoms with Crippen LogP contribution in [-0.2, 0) is 28.7 Å². The lowest BCUT2D eigenvalue weighted by atomic mass is 9.43. The van der Waals surface area contributed by atoms with Gasteiger partial charge in [-0.1, -0.05) is 53.9 Å². The summed E-state index contributed by atoms with van der Waals surface area (Å²) in [7, 11) is 0. The molecule has 2 spiro atoms. The first-order chi connectivity index (χ1) is 19.1. The number of hydrogen-bond acceptors (Lipinski definition) is 6. The highest BCUT2D eigenvalue weighted by Gasteiger charge is 2.81. The largest absolute Gasteiger partial charge is 0.462 e. The molecule has 5 aliphatic rings. The molecule has 0 radical (unpaired) electrons. The third-order valence-electron chi connectivity index (χ3n) is 13.2. The van der Waals surface area contributed by atoms with Crippen molar-refractivity contribution in [2.75, 3.05) is 0 Å². The van der Waals surface area contributed by atoms with Gasteiger partial charge in [0.25, 0.3) is 0 Å². The summed E-state index contributed by atoms with van der Waals surface area (Å²) < 4.78 is 12.1. The molecule has 12 atom stereocenters. The standard InChI is InChI=1S/C35H48O6/c1-19(17-36)20(2)21(3)31(41-25(7)38)23(5)30-28(40-24(6)37)16-33(9)29-11-10-26-22(4)27(39)12-13-34(26)18-35(29,34)15-14-32(30,33)8/h12-13,17,19,22-23,26,28-31H,2-3,10-11,14-16,18H2,1,4-9H3/t19?,22-,23-,26-,28-,29-,30-,31-,32+,33-,34+,35-/m0/s1. The summed E-state index contributed by atoms with van der Waals surface area (Å²) in [6.45, 7) is 22.0. The Morgan fingerprint density at radius 1 is 1.05 bits per heavy atom. The Bertz CT molecular complexity index is 1230. The van der Waals surface area contributed by atoms with Gasteiger partial charge in [0.15, 0.2) is 5.78 Å². The third-order valence-corrected chi connectivity index (χ3v) is 13.2. The summed E-state index contributed by atoms with van der Waals surface area (Å²) in [5.41, 5.74) is 1.10. The lowest BCUT2D eigenvalue weighted by molar-refractivity contribution is -0.160. The second-order valence-corrected chi connectivity index (χ2v) is 14.7. The predicted molar refractivity (Wildman–Crippen MR) is 156 cm³/mol. The molecule has 0 heterocycles. The highest BCUT2D eigenvalue weighted by molar-refractivity contribution is 5.93. The molecule has 0 saturated heterocycles. The number of esters is 2. The van der Waals surface area contributed by atoms with E-state index in [-0.39, 0.29) is 57.3 Å². The van der Waals surface area contributed by atoms with Gasteiger partial charge in [-0.15, -0.1) is 0 Å². The topological polar surface area (TPSA) is 86.7 Å². The Hall–Kier alpha value is -2.50. The second kappa shape index (κ2) is 9.77. The maximum atomic E-state index is 12.6. The van der Waals surface area contributed by atoms with E-state index in [9.17, 15) is 19.2 Å². The maximum Gasteiger partial charge on any atom is 0.303 e. The number of carbonyl (C=O) groups excluding carboxylic acids is 4. The summed E-state index contributed by atoms with van der Waals surface area (Å²) in [4.78, 5) is 49.1. The summed E-state index contributed by atoms with van der Waals surface area (Å²) in [6, 6.07) is 0. The number of fused-ring (bicyclic) bond motifs is 2. The van der Waals surface area contributed by atoms with Crippen LogP contribution < -0.4 is 0 Å². The van der Waals surface area contributed by atoms with Crippen molar-refractivity contribution in [2.24, 2.45) is 57.2 Å². The molecule has 1 unspecified atom stereocenters. The fraction of sp³-hybridized carbons (Fsp3) is 0.714. The summed E-state index contributed by atoms with van der Waals surface area (Å²) in [6.07, 6.45) is 10.0. The molecule has 0 aromatic carbocycles. The van der Waals surface area contributed by atoms with Crippen molar-refractivity contribution < 1.29 is 28.7 Å². The average Bonchev–Trinajstić information content (AvgIpc) is 3.52. The van der Waals surface area contributed by atoms with Crippen molar-refractivity contribution in [3.8, 4) is 0 Å². The van der Waals surface area contributed by atoms with Crippen LogP contribution in [0, 0.1) is 57.2 Å². The van der Waals surface area contributed by atoms with E-state index in [2.05, 4.69) is 46.9 Å². The fourth-order valence-corrected chi connectivity index (χ4v) is 11.1. The molecule has 5 rings (SSSR count). The van der Waals surface area contributed by atoms with Gasteiger partial charge in [-0.2, -0.15) is 0 Å². The van der Waals surface area contributed by atoms with E-state index in [1.165, 1.54) is 13.8 Å². The Labute approximate surface area is 245 Å². The second-order valence-electron chi connectivity index (χ2n) is 14.7. The zero-order valence-corrected chi connectivity index (χ0v) is 26.0. The van der Waals surface area contributed by atoms with Crippen molar-refractivity contribution in [3.63, 3.8) is 0 Å². The van der Waals surface area contributed by atoms with E-state index in [0.29, 0.717) is 23.0 Å². The smallest absolute Gasteiger partial charge is 0.303 e.